The van der Waals surface area contributed by atoms with Gasteiger partial charge in [0, 0.05) is 30.6 Å². The molecule has 0 unspecified atom stereocenters. The van der Waals surface area contributed by atoms with Gasteiger partial charge < -0.3 is 10.1 Å². The van der Waals surface area contributed by atoms with Crippen LogP contribution < -0.4 is 5.32 Å². The van der Waals surface area contributed by atoms with E-state index in [1.165, 1.54) is 12.1 Å². The number of amides is 1. The van der Waals surface area contributed by atoms with Crippen molar-refractivity contribution in [3.8, 4) is 10.6 Å². The number of rotatable bonds is 7. The first-order valence-corrected chi connectivity index (χ1v) is 10.9. The number of aromatic nitrogens is 1. The molecule has 1 atom stereocenters. The van der Waals surface area contributed by atoms with Gasteiger partial charge in [0.15, 0.2) is 0 Å². The number of nitrogens with zero attached hydrogens (tertiary/aromatic N) is 2. The third kappa shape index (κ3) is 5.30. The van der Waals surface area contributed by atoms with Crippen molar-refractivity contribution in [1.29, 1.82) is 0 Å². The van der Waals surface area contributed by atoms with Crippen LogP contribution in [-0.2, 0) is 16.0 Å². The first kappa shape index (κ1) is 20.7. The quantitative estimate of drug-likeness (QED) is 0.627. The number of thiazole rings is 1. The Labute approximate surface area is 179 Å². The van der Waals surface area contributed by atoms with E-state index < -0.39 is 0 Å². The Morgan fingerprint density at radius 2 is 1.87 bits per heavy atom. The summed E-state index contributed by atoms with van der Waals surface area (Å²) in [6.07, 6.45) is 0.239. The minimum absolute atomic E-state index is 0.0197. The largest absolute Gasteiger partial charge is 0.379 e. The number of carbonyl (C=O) groups excluding carboxylic acids is 1. The van der Waals surface area contributed by atoms with Gasteiger partial charge in [0.05, 0.1) is 31.4 Å². The maximum atomic E-state index is 13.4. The molecule has 0 saturated carbocycles. The highest BCUT2D eigenvalue weighted by Gasteiger charge is 2.23. The van der Waals surface area contributed by atoms with E-state index in [1.807, 2.05) is 35.7 Å². The molecule has 7 heteroatoms. The monoisotopic (exact) mass is 425 g/mol. The highest BCUT2D eigenvalue weighted by molar-refractivity contribution is 7.13. The standard InChI is InChI=1S/C23H24FN3O2S/c24-19-8-6-17(7-9-19)21(27-10-12-29-13-11-27)15-25-22(28)14-20-16-30-23(26-20)18-4-2-1-3-5-18/h1-9,16,21H,10-15H2,(H,25,28)/t21-/m1/s1. The lowest BCUT2D eigenvalue weighted by Crippen LogP contribution is -2.44. The van der Waals surface area contributed by atoms with Crippen LogP contribution in [0.2, 0.25) is 0 Å². The van der Waals surface area contributed by atoms with Crippen molar-refractivity contribution in [2.75, 3.05) is 32.8 Å². The molecule has 30 heavy (non-hydrogen) atoms. The molecule has 0 aliphatic carbocycles. The zero-order chi connectivity index (χ0) is 20.8. The summed E-state index contributed by atoms with van der Waals surface area (Å²) in [5.41, 5.74) is 2.80. The zero-order valence-electron chi connectivity index (χ0n) is 16.6. The number of halogens is 1. The Morgan fingerprint density at radius 1 is 1.13 bits per heavy atom. The lowest BCUT2D eigenvalue weighted by atomic mass is 10.0. The van der Waals surface area contributed by atoms with Crippen LogP contribution in [0.25, 0.3) is 10.6 Å². The van der Waals surface area contributed by atoms with Gasteiger partial charge in [-0.3, -0.25) is 9.69 Å². The molecule has 1 fully saturated rings. The first-order chi connectivity index (χ1) is 14.7. The molecule has 2 aromatic carbocycles. The average Bonchev–Trinajstić information content (AvgIpc) is 3.25. The predicted molar refractivity (Wildman–Crippen MR) is 116 cm³/mol. The normalized spacial score (nSPS) is 15.6. The molecular formula is C23H24FN3O2S. The number of nitrogens with one attached hydrogen (secondary N) is 1. The van der Waals surface area contributed by atoms with Crippen molar-refractivity contribution in [3.63, 3.8) is 0 Å². The second-order valence-electron chi connectivity index (χ2n) is 7.21. The Hall–Kier alpha value is -2.61. The van der Waals surface area contributed by atoms with E-state index in [0.717, 1.165) is 34.9 Å². The zero-order valence-corrected chi connectivity index (χ0v) is 17.4. The molecule has 0 radical (unpaired) electrons. The van der Waals surface area contributed by atoms with Crippen molar-refractivity contribution in [1.82, 2.24) is 15.2 Å². The van der Waals surface area contributed by atoms with Crippen molar-refractivity contribution in [2.45, 2.75) is 12.5 Å². The van der Waals surface area contributed by atoms with E-state index >= 15 is 0 Å². The van der Waals surface area contributed by atoms with Gasteiger partial charge >= 0.3 is 0 Å². The van der Waals surface area contributed by atoms with Crippen molar-refractivity contribution in [3.05, 3.63) is 77.1 Å². The summed E-state index contributed by atoms with van der Waals surface area (Å²) in [5, 5.41) is 5.88. The van der Waals surface area contributed by atoms with Crippen LogP contribution in [0.1, 0.15) is 17.3 Å². The number of ether oxygens (including phenoxy) is 1. The predicted octanol–water partition coefficient (Wildman–Crippen LogP) is 3.68. The minimum atomic E-state index is -0.263. The van der Waals surface area contributed by atoms with E-state index in [2.05, 4.69) is 15.2 Å². The summed E-state index contributed by atoms with van der Waals surface area (Å²) in [5.74, 6) is -0.332. The van der Waals surface area contributed by atoms with Gasteiger partial charge in [-0.05, 0) is 17.7 Å². The molecule has 4 rings (SSSR count). The molecule has 156 valence electrons. The summed E-state index contributed by atoms with van der Waals surface area (Å²) in [6.45, 7) is 3.34. The molecule has 2 heterocycles. The molecule has 1 aromatic heterocycles. The fourth-order valence-electron chi connectivity index (χ4n) is 3.57. The molecule has 0 bridgehead atoms. The molecule has 1 amide bonds. The Morgan fingerprint density at radius 3 is 2.60 bits per heavy atom. The van der Waals surface area contributed by atoms with Gasteiger partial charge in [0.25, 0.3) is 0 Å². The van der Waals surface area contributed by atoms with E-state index in [-0.39, 0.29) is 24.2 Å². The summed E-state index contributed by atoms with van der Waals surface area (Å²) in [4.78, 5) is 19.4. The lowest BCUT2D eigenvalue weighted by molar-refractivity contribution is -0.120. The van der Waals surface area contributed by atoms with Crippen LogP contribution in [-0.4, -0.2) is 48.6 Å². The molecule has 1 N–H and O–H groups in total. The minimum Gasteiger partial charge on any atom is -0.379 e. The summed E-state index contributed by atoms with van der Waals surface area (Å²) in [6, 6.07) is 16.4. The molecule has 5 nitrogen and oxygen atoms in total. The van der Waals surface area contributed by atoms with Crippen molar-refractivity contribution < 1.29 is 13.9 Å². The SMILES string of the molecule is O=C(Cc1csc(-c2ccccc2)n1)NC[C@H](c1ccc(F)cc1)N1CCOCC1. The van der Waals surface area contributed by atoms with Gasteiger partial charge in [0.1, 0.15) is 10.8 Å². The van der Waals surface area contributed by atoms with E-state index in [0.29, 0.717) is 19.8 Å². The number of benzene rings is 2. The Balaban J connectivity index is 1.39. The topological polar surface area (TPSA) is 54.5 Å². The Kier molecular flexibility index (Phi) is 6.84. The van der Waals surface area contributed by atoms with Gasteiger partial charge in [0.2, 0.25) is 5.91 Å². The van der Waals surface area contributed by atoms with Crippen LogP contribution in [0, 0.1) is 5.82 Å². The second-order valence-corrected chi connectivity index (χ2v) is 8.06. The maximum Gasteiger partial charge on any atom is 0.226 e. The van der Waals surface area contributed by atoms with Crippen LogP contribution in [0.5, 0.6) is 0 Å². The molecule has 1 saturated heterocycles. The second kappa shape index (κ2) is 9.93. The van der Waals surface area contributed by atoms with Crippen LogP contribution >= 0.6 is 11.3 Å². The highest BCUT2D eigenvalue weighted by atomic mass is 32.1. The molecule has 1 aliphatic heterocycles. The van der Waals surface area contributed by atoms with Crippen molar-refractivity contribution >= 4 is 17.2 Å². The van der Waals surface area contributed by atoms with Gasteiger partial charge in [-0.25, -0.2) is 9.37 Å². The van der Waals surface area contributed by atoms with Crippen LogP contribution in [0.3, 0.4) is 0 Å². The molecule has 1 aliphatic rings. The summed E-state index contributed by atoms with van der Waals surface area (Å²) >= 11 is 1.54. The third-order valence-corrected chi connectivity index (χ3v) is 6.09. The lowest BCUT2D eigenvalue weighted by Gasteiger charge is -2.35. The molecular weight excluding hydrogens is 401 g/mol. The van der Waals surface area contributed by atoms with Gasteiger partial charge in [-0.15, -0.1) is 11.3 Å². The highest BCUT2D eigenvalue weighted by Crippen LogP contribution is 2.24. The number of carbonyl (C=O) groups is 1. The van der Waals surface area contributed by atoms with Crippen molar-refractivity contribution in [2.24, 2.45) is 0 Å². The smallest absolute Gasteiger partial charge is 0.226 e. The fraction of sp³-hybridized carbons (Fsp3) is 0.304. The van der Waals surface area contributed by atoms with E-state index in [9.17, 15) is 9.18 Å². The fourth-order valence-corrected chi connectivity index (χ4v) is 4.40. The number of morpholine rings is 1. The van der Waals surface area contributed by atoms with Crippen LogP contribution in [0.15, 0.2) is 60.0 Å². The molecule has 3 aromatic rings. The van der Waals surface area contributed by atoms with E-state index in [1.54, 1.807) is 23.5 Å². The van der Waals surface area contributed by atoms with E-state index in [4.69, 9.17) is 4.74 Å². The number of hydrogen-bond acceptors (Lipinski definition) is 5. The Bertz CT molecular complexity index is 956. The number of hydrogen-bond donors (Lipinski definition) is 1. The average molecular weight is 426 g/mol. The van der Waals surface area contributed by atoms with Crippen LogP contribution in [0.4, 0.5) is 4.39 Å². The summed E-state index contributed by atoms with van der Waals surface area (Å²) < 4.78 is 18.8. The third-order valence-electron chi connectivity index (χ3n) is 5.15. The molecule has 0 spiro atoms. The van der Waals surface area contributed by atoms with Gasteiger partial charge in [-0.2, -0.15) is 0 Å². The van der Waals surface area contributed by atoms with Gasteiger partial charge in [-0.1, -0.05) is 42.5 Å². The summed E-state index contributed by atoms with van der Waals surface area (Å²) in [7, 11) is 0. The maximum absolute atomic E-state index is 13.4. The first-order valence-electron chi connectivity index (χ1n) is 10.0.